The Kier molecular flexibility index (Phi) is 5.87. The second-order valence-corrected chi connectivity index (χ2v) is 3.96. The molecule has 1 aromatic rings. The number of rotatable bonds is 6. The van der Waals surface area contributed by atoms with E-state index in [1.807, 2.05) is 0 Å². The number of aliphatic carboxylic acids is 1. The van der Waals surface area contributed by atoms with Gasteiger partial charge in [-0.05, 0) is 5.56 Å². The normalized spacial score (nSPS) is 11.4. The lowest BCUT2D eigenvalue weighted by molar-refractivity contribution is -0.138. The van der Waals surface area contributed by atoms with Gasteiger partial charge in [0.25, 0.3) is 0 Å². The molecule has 0 unspecified atom stereocenters. The van der Waals surface area contributed by atoms with Crippen molar-refractivity contribution in [2.45, 2.75) is 6.04 Å². The van der Waals surface area contributed by atoms with Gasteiger partial charge in [-0.3, -0.25) is 14.4 Å². The molecule has 3 N–H and O–H groups in total. The van der Waals surface area contributed by atoms with E-state index >= 15 is 0 Å². The number of carbonyl (C=O) groups excluding carboxylic acids is 2. The molecular weight excluding hydrogens is 268 g/mol. The Morgan fingerprint density at radius 2 is 1.84 bits per heavy atom. The number of carboxylic acid groups (broad SMARTS) is 1. The van der Waals surface area contributed by atoms with Gasteiger partial charge < -0.3 is 15.7 Å². The lowest BCUT2D eigenvalue weighted by Crippen LogP contribution is -2.42. The zero-order chi connectivity index (χ0) is 14.3. The lowest BCUT2D eigenvalue weighted by Gasteiger charge is -2.17. The third-order valence-electron chi connectivity index (χ3n) is 2.25. The maximum atomic E-state index is 11.9. The minimum absolute atomic E-state index is 0.171. The average Bonchev–Trinajstić information content (AvgIpc) is 2.42. The summed E-state index contributed by atoms with van der Waals surface area (Å²) < 4.78 is 0. The van der Waals surface area contributed by atoms with Gasteiger partial charge in [-0.2, -0.15) is 0 Å². The molecule has 0 fully saturated rings. The van der Waals surface area contributed by atoms with Crippen LogP contribution in [0, 0.1) is 0 Å². The van der Waals surface area contributed by atoms with E-state index in [2.05, 4.69) is 23.3 Å². The van der Waals surface area contributed by atoms with Gasteiger partial charge in [0, 0.05) is 0 Å². The van der Waals surface area contributed by atoms with E-state index in [0.717, 1.165) is 0 Å². The van der Waals surface area contributed by atoms with Gasteiger partial charge in [0.15, 0.2) is 0 Å². The highest BCUT2D eigenvalue weighted by molar-refractivity contribution is 7.81. The smallest absolute Gasteiger partial charge is 0.322 e. The summed E-state index contributed by atoms with van der Waals surface area (Å²) in [6.45, 7) is -0.508. The van der Waals surface area contributed by atoms with Crippen molar-refractivity contribution >= 4 is 30.4 Å². The number of carboxylic acids is 1. The van der Waals surface area contributed by atoms with Crippen molar-refractivity contribution in [3.8, 4) is 0 Å². The summed E-state index contributed by atoms with van der Waals surface area (Å²) in [5.74, 6) is -2.38. The molecule has 19 heavy (non-hydrogen) atoms. The molecule has 7 heteroatoms. The average molecular weight is 281 g/mol. The minimum Gasteiger partial charge on any atom is -0.480 e. The summed E-state index contributed by atoms with van der Waals surface area (Å²) >= 11 is 4.60. The molecule has 0 saturated heterocycles. The fourth-order valence-corrected chi connectivity index (χ4v) is 1.50. The SMILES string of the molecule is O=C(O)CNC(=O)[C@H](NC(=O)C[S])c1ccccc1. The number of hydrogen-bond donors (Lipinski definition) is 3. The second-order valence-electron chi connectivity index (χ2n) is 3.67. The predicted octanol–water partition coefficient (Wildman–Crippen LogP) is 0.242. The van der Waals surface area contributed by atoms with Crippen molar-refractivity contribution in [1.29, 1.82) is 0 Å². The van der Waals surface area contributed by atoms with E-state index < -0.39 is 30.4 Å². The molecule has 0 spiro atoms. The number of carbonyl (C=O) groups is 3. The number of nitrogens with one attached hydrogen (secondary N) is 2. The Bertz CT molecular complexity index is 464. The fraction of sp³-hybridized carbons (Fsp3) is 0.250. The van der Waals surface area contributed by atoms with Gasteiger partial charge in [-0.15, -0.1) is 0 Å². The molecular formula is C12H13N2O4S. The standard InChI is InChI=1S/C12H13N2O4S/c15-9(7-19)14-11(8-4-2-1-3-5-8)12(18)13-6-10(16)17/h1-5,11H,6-7H2,(H,13,18)(H,14,15)(H,16,17)/t11-/m1/s1. The van der Waals surface area contributed by atoms with Crippen LogP contribution in [-0.2, 0) is 14.4 Å². The van der Waals surface area contributed by atoms with Crippen LogP contribution in [0.1, 0.15) is 11.6 Å². The molecule has 1 rings (SSSR count). The second kappa shape index (κ2) is 7.42. The summed E-state index contributed by atoms with van der Waals surface area (Å²) in [7, 11) is 0. The number of amides is 2. The zero-order valence-corrected chi connectivity index (χ0v) is 10.8. The highest BCUT2D eigenvalue weighted by atomic mass is 32.1. The van der Waals surface area contributed by atoms with Crippen molar-refractivity contribution < 1.29 is 19.5 Å². The van der Waals surface area contributed by atoms with Crippen LogP contribution in [0.25, 0.3) is 0 Å². The van der Waals surface area contributed by atoms with Gasteiger partial charge in [-0.1, -0.05) is 43.0 Å². The molecule has 0 saturated carbocycles. The monoisotopic (exact) mass is 281 g/mol. The molecule has 2 amide bonds. The van der Waals surface area contributed by atoms with Crippen molar-refractivity contribution in [2.24, 2.45) is 0 Å². The maximum absolute atomic E-state index is 11.9. The minimum atomic E-state index is -1.16. The third-order valence-corrected chi connectivity index (χ3v) is 2.51. The predicted molar refractivity (Wildman–Crippen MR) is 70.4 cm³/mol. The molecule has 0 aliphatic rings. The largest absolute Gasteiger partial charge is 0.480 e. The molecule has 6 nitrogen and oxygen atoms in total. The molecule has 1 radical (unpaired) electrons. The van der Waals surface area contributed by atoms with Gasteiger partial charge in [-0.25, -0.2) is 0 Å². The third kappa shape index (κ3) is 5.01. The Balaban J connectivity index is 2.83. The van der Waals surface area contributed by atoms with Crippen LogP contribution >= 0.6 is 12.6 Å². The molecule has 0 aliphatic carbocycles. The van der Waals surface area contributed by atoms with E-state index in [4.69, 9.17) is 5.11 Å². The Labute approximate surface area is 115 Å². The summed E-state index contributed by atoms with van der Waals surface area (Å²) in [5, 5.41) is 13.2. The molecule has 1 atom stereocenters. The first-order valence-corrected chi connectivity index (χ1v) is 6.04. The number of benzene rings is 1. The first-order chi connectivity index (χ1) is 9.04. The van der Waals surface area contributed by atoms with Crippen LogP contribution in [-0.4, -0.2) is 35.2 Å². The molecule has 0 aliphatic heterocycles. The Morgan fingerprint density at radius 1 is 1.21 bits per heavy atom. The quantitative estimate of drug-likeness (QED) is 0.696. The van der Waals surface area contributed by atoms with Crippen LogP contribution in [0.5, 0.6) is 0 Å². The summed E-state index contributed by atoms with van der Waals surface area (Å²) in [4.78, 5) is 33.6. The lowest BCUT2D eigenvalue weighted by atomic mass is 10.1. The summed E-state index contributed by atoms with van der Waals surface area (Å²) in [5.41, 5.74) is 0.558. The first-order valence-electron chi connectivity index (χ1n) is 5.46. The van der Waals surface area contributed by atoms with E-state index in [9.17, 15) is 14.4 Å². The summed E-state index contributed by atoms with van der Waals surface area (Å²) in [6.07, 6.45) is 0. The van der Waals surface area contributed by atoms with Gasteiger partial charge in [0.1, 0.15) is 12.6 Å². The molecule has 101 valence electrons. The van der Waals surface area contributed by atoms with Crippen LogP contribution in [0.4, 0.5) is 0 Å². The van der Waals surface area contributed by atoms with Crippen molar-refractivity contribution in [2.75, 3.05) is 12.3 Å². The van der Waals surface area contributed by atoms with Crippen molar-refractivity contribution in [1.82, 2.24) is 10.6 Å². The van der Waals surface area contributed by atoms with Crippen LogP contribution in [0.2, 0.25) is 0 Å². The van der Waals surface area contributed by atoms with Gasteiger partial charge in [0.2, 0.25) is 11.8 Å². The zero-order valence-electron chi connectivity index (χ0n) is 9.96. The topological polar surface area (TPSA) is 95.5 Å². The maximum Gasteiger partial charge on any atom is 0.322 e. The molecule has 0 bridgehead atoms. The first kappa shape index (κ1) is 15.0. The highest BCUT2D eigenvalue weighted by Crippen LogP contribution is 2.12. The Morgan fingerprint density at radius 3 is 2.37 bits per heavy atom. The van der Waals surface area contributed by atoms with Gasteiger partial charge >= 0.3 is 5.97 Å². The van der Waals surface area contributed by atoms with Crippen LogP contribution in [0.3, 0.4) is 0 Å². The van der Waals surface area contributed by atoms with E-state index in [1.165, 1.54) is 0 Å². The van der Waals surface area contributed by atoms with Crippen LogP contribution in [0.15, 0.2) is 30.3 Å². The van der Waals surface area contributed by atoms with E-state index in [-0.39, 0.29) is 5.75 Å². The molecule has 0 heterocycles. The molecule has 1 aromatic carbocycles. The highest BCUT2D eigenvalue weighted by Gasteiger charge is 2.22. The number of hydrogen-bond acceptors (Lipinski definition) is 3. The van der Waals surface area contributed by atoms with E-state index in [1.54, 1.807) is 30.3 Å². The van der Waals surface area contributed by atoms with Crippen molar-refractivity contribution in [3.05, 3.63) is 35.9 Å². The fourth-order valence-electron chi connectivity index (χ4n) is 1.41. The van der Waals surface area contributed by atoms with Gasteiger partial charge in [0.05, 0.1) is 5.75 Å². The van der Waals surface area contributed by atoms with Crippen molar-refractivity contribution in [3.63, 3.8) is 0 Å². The molecule has 0 aromatic heterocycles. The summed E-state index contributed by atoms with van der Waals surface area (Å²) in [6, 6.07) is 7.57. The Hall–Kier alpha value is -2.02. The van der Waals surface area contributed by atoms with E-state index in [0.29, 0.717) is 5.56 Å². The van der Waals surface area contributed by atoms with Crippen LogP contribution < -0.4 is 10.6 Å².